The molecule has 2 unspecified atom stereocenters. The largest absolute Gasteiger partial charge is 0.330 e. The van der Waals surface area contributed by atoms with Crippen LogP contribution in [0.1, 0.15) is 52.4 Å². The van der Waals surface area contributed by atoms with Crippen LogP contribution in [0.25, 0.3) is 0 Å². The Bertz CT molecular complexity index is 267. The molecule has 2 aliphatic rings. The maximum atomic E-state index is 5.74. The zero-order valence-electron chi connectivity index (χ0n) is 13.7. The summed E-state index contributed by atoms with van der Waals surface area (Å²) in [4.78, 5) is 5.44. The molecule has 0 aromatic heterocycles. The molecule has 0 bridgehead atoms. The highest BCUT2D eigenvalue weighted by Gasteiger charge is 2.28. The summed E-state index contributed by atoms with van der Waals surface area (Å²) in [5, 5.41) is 0. The van der Waals surface area contributed by atoms with Crippen molar-refractivity contribution in [1.29, 1.82) is 0 Å². The quantitative estimate of drug-likeness (QED) is 0.778. The number of fused-ring (bicyclic) bond motifs is 1. The summed E-state index contributed by atoms with van der Waals surface area (Å²) in [5.74, 6) is 1.62. The zero-order chi connectivity index (χ0) is 14.4. The molecule has 2 atom stereocenters. The van der Waals surface area contributed by atoms with Crippen LogP contribution in [0.15, 0.2) is 0 Å². The van der Waals surface area contributed by atoms with E-state index in [0.717, 1.165) is 24.4 Å². The summed E-state index contributed by atoms with van der Waals surface area (Å²) in [5.41, 5.74) is 5.74. The van der Waals surface area contributed by atoms with Gasteiger partial charge in [-0.15, -0.1) is 0 Å². The molecule has 0 aliphatic carbocycles. The molecule has 0 aromatic rings. The van der Waals surface area contributed by atoms with Crippen molar-refractivity contribution in [2.45, 2.75) is 58.4 Å². The van der Waals surface area contributed by atoms with Crippen LogP contribution >= 0.6 is 0 Å². The van der Waals surface area contributed by atoms with E-state index in [4.69, 9.17) is 5.73 Å². The highest BCUT2D eigenvalue weighted by atomic mass is 15.3. The molecular formula is C17H35N3. The minimum atomic E-state index is 0.786. The van der Waals surface area contributed by atoms with Crippen LogP contribution in [-0.2, 0) is 0 Å². The van der Waals surface area contributed by atoms with Crippen LogP contribution < -0.4 is 5.73 Å². The summed E-state index contributed by atoms with van der Waals surface area (Å²) in [6.45, 7) is 12.1. The molecule has 2 fully saturated rings. The first kappa shape index (κ1) is 16.3. The van der Waals surface area contributed by atoms with Gasteiger partial charge in [0.2, 0.25) is 0 Å². The van der Waals surface area contributed by atoms with Gasteiger partial charge in [0.25, 0.3) is 0 Å². The van der Waals surface area contributed by atoms with Gasteiger partial charge in [-0.25, -0.2) is 0 Å². The Morgan fingerprint density at radius 3 is 2.70 bits per heavy atom. The van der Waals surface area contributed by atoms with Gasteiger partial charge in [-0.1, -0.05) is 20.3 Å². The number of nitrogens with two attached hydrogens (primary N) is 1. The zero-order valence-corrected chi connectivity index (χ0v) is 13.7. The van der Waals surface area contributed by atoms with Crippen molar-refractivity contribution < 1.29 is 0 Å². The first-order chi connectivity index (χ1) is 9.70. The van der Waals surface area contributed by atoms with Crippen molar-refractivity contribution in [2.75, 3.05) is 39.3 Å². The Kier molecular flexibility index (Phi) is 6.79. The topological polar surface area (TPSA) is 32.5 Å². The number of rotatable bonds is 7. The van der Waals surface area contributed by atoms with Gasteiger partial charge in [-0.2, -0.15) is 0 Å². The molecule has 2 N–H and O–H groups in total. The smallest absolute Gasteiger partial charge is 0.0223 e. The molecule has 0 saturated carbocycles. The van der Waals surface area contributed by atoms with Crippen molar-refractivity contribution in [3.05, 3.63) is 0 Å². The summed E-state index contributed by atoms with van der Waals surface area (Å²) in [6.07, 6.45) is 8.22. The molecule has 3 nitrogen and oxygen atoms in total. The molecule has 0 radical (unpaired) electrons. The number of hydrogen-bond acceptors (Lipinski definition) is 3. The number of hydrogen-bond donors (Lipinski definition) is 1. The lowest BCUT2D eigenvalue weighted by molar-refractivity contribution is 0.0478. The summed E-state index contributed by atoms with van der Waals surface area (Å²) in [6, 6.07) is 0.863. The SMILES string of the molecule is CC(C)C(CCN)CCCN1CCN2CCCCC2C1. The third-order valence-corrected chi connectivity index (χ3v) is 5.45. The van der Waals surface area contributed by atoms with E-state index in [2.05, 4.69) is 23.6 Å². The van der Waals surface area contributed by atoms with Crippen LogP contribution in [0.3, 0.4) is 0 Å². The highest BCUT2D eigenvalue weighted by Crippen LogP contribution is 2.23. The van der Waals surface area contributed by atoms with Gasteiger partial charge in [0.05, 0.1) is 0 Å². The lowest BCUT2D eigenvalue weighted by Gasteiger charge is -2.44. The van der Waals surface area contributed by atoms with Gasteiger partial charge in [-0.05, 0) is 63.6 Å². The van der Waals surface area contributed by atoms with Crippen LogP contribution in [-0.4, -0.2) is 55.1 Å². The highest BCUT2D eigenvalue weighted by molar-refractivity contribution is 4.85. The monoisotopic (exact) mass is 281 g/mol. The van der Waals surface area contributed by atoms with Crippen molar-refractivity contribution in [1.82, 2.24) is 9.80 Å². The lowest BCUT2D eigenvalue weighted by atomic mass is 9.88. The summed E-state index contributed by atoms with van der Waals surface area (Å²) in [7, 11) is 0. The van der Waals surface area contributed by atoms with Crippen LogP contribution in [0.2, 0.25) is 0 Å². The molecule has 118 valence electrons. The van der Waals surface area contributed by atoms with Crippen molar-refractivity contribution in [3.8, 4) is 0 Å². The van der Waals surface area contributed by atoms with E-state index in [0.29, 0.717) is 0 Å². The molecule has 2 heterocycles. The van der Waals surface area contributed by atoms with Gasteiger partial charge in [0, 0.05) is 25.7 Å². The fourth-order valence-corrected chi connectivity index (χ4v) is 4.03. The summed E-state index contributed by atoms with van der Waals surface area (Å²) < 4.78 is 0. The molecule has 2 rings (SSSR count). The Balaban J connectivity index is 1.66. The fraction of sp³-hybridized carbons (Fsp3) is 1.00. The van der Waals surface area contributed by atoms with Crippen molar-refractivity contribution in [2.24, 2.45) is 17.6 Å². The average Bonchev–Trinajstić information content (AvgIpc) is 2.46. The molecule has 20 heavy (non-hydrogen) atoms. The van der Waals surface area contributed by atoms with E-state index in [1.807, 2.05) is 0 Å². The predicted molar refractivity (Wildman–Crippen MR) is 86.9 cm³/mol. The third kappa shape index (κ3) is 4.71. The fourth-order valence-electron chi connectivity index (χ4n) is 4.03. The second-order valence-corrected chi connectivity index (χ2v) is 7.21. The van der Waals surface area contributed by atoms with E-state index in [-0.39, 0.29) is 0 Å². The van der Waals surface area contributed by atoms with Crippen molar-refractivity contribution in [3.63, 3.8) is 0 Å². The average molecular weight is 281 g/mol. The summed E-state index contributed by atoms with van der Waals surface area (Å²) >= 11 is 0. The second kappa shape index (κ2) is 8.35. The minimum Gasteiger partial charge on any atom is -0.330 e. The van der Waals surface area contributed by atoms with Gasteiger partial charge >= 0.3 is 0 Å². The molecule has 2 aliphatic heterocycles. The van der Waals surface area contributed by atoms with Gasteiger partial charge in [0.1, 0.15) is 0 Å². The maximum Gasteiger partial charge on any atom is 0.0223 e. The van der Waals surface area contributed by atoms with Gasteiger partial charge in [0.15, 0.2) is 0 Å². The van der Waals surface area contributed by atoms with E-state index < -0.39 is 0 Å². The molecule has 0 amide bonds. The van der Waals surface area contributed by atoms with Crippen molar-refractivity contribution >= 4 is 0 Å². The van der Waals surface area contributed by atoms with Gasteiger partial charge in [-0.3, -0.25) is 4.90 Å². The molecule has 2 saturated heterocycles. The van der Waals surface area contributed by atoms with E-state index in [9.17, 15) is 0 Å². The Morgan fingerprint density at radius 2 is 1.95 bits per heavy atom. The Morgan fingerprint density at radius 1 is 1.10 bits per heavy atom. The first-order valence-electron chi connectivity index (χ1n) is 8.87. The third-order valence-electron chi connectivity index (χ3n) is 5.45. The Labute approximate surface area is 125 Å². The lowest BCUT2D eigenvalue weighted by Crippen LogP contribution is -2.54. The second-order valence-electron chi connectivity index (χ2n) is 7.21. The van der Waals surface area contributed by atoms with Gasteiger partial charge < -0.3 is 10.6 Å². The van der Waals surface area contributed by atoms with Crippen LogP contribution in [0.5, 0.6) is 0 Å². The van der Waals surface area contributed by atoms with E-state index >= 15 is 0 Å². The predicted octanol–water partition coefficient (Wildman–Crippen LogP) is 2.56. The van der Waals surface area contributed by atoms with E-state index in [1.54, 1.807) is 0 Å². The number of piperazine rings is 1. The maximum absolute atomic E-state index is 5.74. The van der Waals surface area contributed by atoms with E-state index in [1.165, 1.54) is 71.2 Å². The van der Waals surface area contributed by atoms with Crippen LogP contribution in [0, 0.1) is 11.8 Å². The normalized spacial score (nSPS) is 26.7. The number of piperidine rings is 1. The Hall–Kier alpha value is -0.120. The standard InChI is InChI=1S/C17H35N3/c1-15(2)16(8-9-18)6-5-10-19-12-13-20-11-4-3-7-17(20)14-19/h15-17H,3-14,18H2,1-2H3. The van der Waals surface area contributed by atoms with Crippen LogP contribution in [0.4, 0.5) is 0 Å². The molecule has 0 aromatic carbocycles. The first-order valence-corrected chi connectivity index (χ1v) is 8.87. The molecular weight excluding hydrogens is 246 g/mol. The molecule has 0 spiro atoms. The molecule has 3 heteroatoms. The minimum absolute atomic E-state index is 0.786. The number of nitrogens with zero attached hydrogens (tertiary/aromatic N) is 2.